The van der Waals surface area contributed by atoms with Crippen molar-refractivity contribution in [2.24, 2.45) is 0 Å². The average molecular weight is 158 g/mol. The number of fused-ring (bicyclic) bond motifs is 1. The van der Waals surface area contributed by atoms with E-state index in [2.05, 4.69) is 16.8 Å². The highest BCUT2D eigenvalue weighted by Crippen LogP contribution is 2.20. The second kappa shape index (κ2) is 2.48. The van der Waals surface area contributed by atoms with Crippen LogP contribution in [0.1, 0.15) is 12.6 Å². The summed E-state index contributed by atoms with van der Waals surface area (Å²) in [5.74, 6) is 0. The zero-order valence-corrected chi connectivity index (χ0v) is 6.96. The van der Waals surface area contributed by atoms with Crippen molar-refractivity contribution in [2.75, 3.05) is 0 Å². The molecule has 0 spiro atoms. The highest BCUT2D eigenvalue weighted by Gasteiger charge is 2.03. The molecule has 0 fully saturated rings. The average Bonchev–Trinajstić information content (AvgIpc) is 2.47. The number of aromatic nitrogens is 2. The Bertz CT molecular complexity index is 426. The van der Waals surface area contributed by atoms with Crippen molar-refractivity contribution in [3.8, 4) is 0 Å². The maximum Gasteiger partial charge on any atom is 0.0950 e. The van der Waals surface area contributed by atoms with E-state index in [-0.39, 0.29) is 0 Å². The number of allylic oxidation sites excluding steroid dienone is 1. The lowest BCUT2D eigenvalue weighted by Crippen LogP contribution is -1.77. The lowest BCUT2D eigenvalue weighted by Gasteiger charge is -1.92. The van der Waals surface area contributed by atoms with E-state index in [0.29, 0.717) is 0 Å². The lowest BCUT2D eigenvalue weighted by molar-refractivity contribution is 1.10. The third kappa shape index (κ3) is 0.925. The Morgan fingerprint density at radius 2 is 2.17 bits per heavy atom. The smallest absolute Gasteiger partial charge is 0.0950 e. The van der Waals surface area contributed by atoms with Gasteiger partial charge in [0, 0.05) is 5.39 Å². The highest BCUT2D eigenvalue weighted by molar-refractivity contribution is 5.89. The number of aromatic amines is 1. The van der Waals surface area contributed by atoms with E-state index in [1.165, 1.54) is 0 Å². The van der Waals surface area contributed by atoms with Gasteiger partial charge in [-0.25, -0.2) is 0 Å². The van der Waals surface area contributed by atoms with Crippen molar-refractivity contribution in [1.29, 1.82) is 0 Å². The van der Waals surface area contributed by atoms with Crippen LogP contribution in [-0.2, 0) is 0 Å². The van der Waals surface area contributed by atoms with Gasteiger partial charge in [-0.05, 0) is 18.6 Å². The second-order valence-electron chi connectivity index (χ2n) is 2.90. The molecule has 0 aliphatic heterocycles. The Kier molecular flexibility index (Phi) is 1.47. The van der Waals surface area contributed by atoms with Crippen LogP contribution >= 0.6 is 0 Å². The van der Waals surface area contributed by atoms with Gasteiger partial charge in [0.15, 0.2) is 0 Å². The number of nitrogens with zero attached hydrogens (tertiary/aromatic N) is 1. The van der Waals surface area contributed by atoms with Gasteiger partial charge in [0.2, 0.25) is 0 Å². The summed E-state index contributed by atoms with van der Waals surface area (Å²) in [5, 5.41) is 8.27. The van der Waals surface area contributed by atoms with E-state index in [1.807, 2.05) is 31.2 Å². The van der Waals surface area contributed by atoms with Crippen molar-refractivity contribution < 1.29 is 0 Å². The van der Waals surface area contributed by atoms with Gasteiger partial charge in [-0.15, -0.1) is 0 Å². The topological polar surface area (TPSA) is 28.7 Å². The molecule has 0 amide bonds. The normalized spacial score (nSPS) is 10.4. The summed E-state index contributed by atoms with van der Waals surface area (Å²) in [4.78, 5) is 0. The summed E-state index contributed by atoms with van der Waals surface area (Å²) in [6.07, 6.45) is 0. The van der Waals surface area contributed by atoms with E-state index >= 15 is 0 Å². The minimum atomic E-state index is 0.964. The maximum absolute atomic E-state index is 4.17. The fraction of sp³-hybridized carbons (Fsp3) is 0.100. The molecule has 2 heteroatoms. The maximum atomic E-state index is 4.17. The molecule has 0 atom stereocenters. The first kappa shape index (κ1) is 7.10. The SMILES string of the molecule is C=C(C)c1n[nH]c2ccccc12. The van der Waals surface area contributed by atoms with Gasteiger partial charge in [-0.3, -0.25) is 5.10 Å². The zero-order chi connectivity index (χ0) is 8.55. The molecule has 1 aromatic heterocycles. The number of benzene rings is 1. The van der Waals surface area contributed by atoms with Crippen LogP contribution in [0.15, 0.2) is 30.8 Å². The Morgan fingerprint density at radius 1 is 1.42 bits per heavy atom. The number of hydrogen-bond acceptors (Lipinski definition) is 1. The van der Waals surface area contributed by atoms with Crippen molar-refractivity contribution in [3.63, 3.8) is 0 Å². The summed E-state index contributed by atoms with van der Waals surface area (Å²) in [5.41, 5.74) is 3.02. The van der Waals surface area contributed by atoms with E-state index in [0.717, 1.165) is 22.2 Å². The van der Waals surface area contributed by atoms with Gasteiger partial charge in [-0.2, -0.15) is 5.10 Å². The highest BCUT2D eigenvalue weighted by atomic mass is 15.1. The van der Waals surface area contributed by atoms with Gasteiger partial charge in [0.05, 0.1) is 11.2 Å². The number of para-hydroxylation sites is 1. The number of H-pyrrole nitrogens is 1. The molecule has 0 saturated heterocycles. The first-order valence-corrected chi connectivity index (χ1v) is 3.88. The molecule has 0 saturated carbocycles. The molecule has 2 nitrogen and oxygen atoms in total. The molecule has 60 valence electrons. The molecule has 2 aromatic rings. The molecule has 0 aliphatic carbocycles. The lowest BCUT2D eigenvalue weighted by atomic mass is 10.1. The molecule has 1 N–H and O–H groups in total. The fourth-order valence-corrected chi connectivity index (χ4v) is 1.29. The van der Waals surface area contributed by atoms with E-state index in [1.54, 1.807) is 0 Å². The Balaban J connectivity index is 2.79. The van der Waals surface area contributed by atoms with Gasteiger partial charge in [0.25, 0.3) is 0 Å². The largest absolute Gasteiger partial charge is 0.277 e. The second-order valence-corrected chi connectivity index (χ2v) is 2.90. The van der Waals surface area contributed by atoms with Gasteiger partial charge >= 0.3 is 0 Å². The number of rotatable bonds is 1. The van der Waals surface area contributed by atoms with E-state index in [4.69, 9.17) is 0 Å². The Hall–Kier alpha value is -1.57. The predicted octanol–water partition coefficient (Wildman–Crippen LogP) is 2.60. The van der Waals surface area contributed by atoms with Crippen LogP contribution in [0, 0.1) is 0 Å². The van der Waals surface area contributed by atoms with Crippen LogP contribution in [0.4, 0.5) is 0 Å². The minimum absolute atomic E-state index is 0.964. The summed E-state index contributed by atoms with van der Waals surface area (Å²) in [6, 6.07) is 8.05. The summed E-state index contributed by atoms with van der Waals surface area (Å²) in [7, 11) is 0. The molecule has 12 heavy (non-hydrogen) atoms. The van der Waals surface area contributed by atoms with Crippen LogP contribution in [0.25, 0.3) is 16.5 Å². The summed E-state index contributed by atoms with van der Waals surface area (Å²) < 4.78 is 0. The number of hydrogen-bond donors (Lipinski definition) is 1. The molecule has 1 aromatic carbocycles. The zero-order valence-electron chi connectivity index (χ0n) is 6.96. The Labute approximate surface area is 70.9 Å². The van der Waals surface area contributed by atoms with Gasteiger partial charge in [-0.1, -0.05) is 24.8 Å². The van der Waals surface area contributed by atoms with Crippen LogP contribution in [-0.4, -0.2) is 10.2 Å². The first-order valence-electron chi connectivity index (χ1n) is 3.88. The molecular formula is C10H10N2. The third-order valence-corrected chi connectivity index (χ3v) is 1.87. The third-order valence-electron chi connectivity index (χ3n) is 1.87. The molecule has 1 heterocycles. The predicted molar refractivity (Wildman–Crippen MR) is 50.8 cm³/mol. The number of nitrogens with one attached hydrogen (secondary N) is 1. The minimum Gasteiger partial charge on any atom is -0.277 e. The fourth-order valence-electron chi connectivity index (χ4n) is 1.29. The van der Waals surface area contributed by atoms with Gasteiger partial charge < -0.3 is 0 Å². The molecule has 0 radical (unpaired) electrons. The molecule has 2 rings (SSSR count). The van der Waals surface area contributed by atoms with E-state index < -0.39 is 0 Å². The summed E-state index contributed by atoms with van der Waals surface area (Å²) >= 11 is 0. The first-order chi connectivity index (χ1) is 5.79. The van der Waals surface area contributed by atoms with Gasteiger partial charge in [0.1, 0.15) is 0 Å². The van der Waals surface area contributed by atoms with Crippen LogP contribution in [0.3, 0.4) is 0 Å². The molecular weight excluding hydrogens is 148 g/mol. The van der Waals surface area contributed by atoms with Crippen LogP contribution in [0.2, 0.25) is 0 Å². The van der Waals surface area contributed by atoms with E-state index in [9.17, 15) is 0 Å². The Morgan fingerprint density at radius 3 is 2.92 bits per heavy atom. The summed E-state index contributed by atoms with van der Waals surface area (Å²) in [6.45, 7) is 5.83. The molecule has 0 unspecified atom stereocenters. The molecule has 0 aliphatic rings. The molecule has 0 bridgehead atoms. The van der Waals surface area contributed by atoms with Crippen molar-refractivity contribution >= 4 is 16.5 Å². The standard InChI is InChI=1S/C10H10N2/c1-7(2)10-8-5-3-4-6-9(8)11-12-10/h3-6H,1H2,2H3,(H,11,12). The van der Waals surface area contributed by atoms with Crippen LogP contribution in [0.5, 0.6) is 0 Å². The van der Waals surface area contributed by atoms with Crippen molar-refractivity contribution in [2.45, 2.75) is 6.92 Å². The monoisotopic (exact) mass is 158 g/mol. The van der Waals surface area contributed by atoms with Crippen molar-refractivity contribution in [3.05, 3.63) is 36.5 Å². The van der Waals surface area contributed by atoms with Crippen LogP contribution < -0.4 is 0 Å². The quantitative estimate of drug-likeness (QED) is 0.679. The van der Waals surface area contributed by atoms with Crippen molar-refractivity contribution in [1.82, 2.24) is 10.2 Å².